The SMILES string of the molecule is CC(N)(C(=O)N1CCN(C2CC2)CC1)C1CC1. The second-order valence-corrected chi connectivity index (χ2v) is 6.12. The van der Waals surface area contributed by atoms with Gasteiger partial charge in [0.15, 0.2) is 0 Å². The molecule has 4 nitrogen and oxygen atoms in total. The van der Waals surface area contributed by atoms with Crippen LogP contribution >= 0.6 is 0 Å². The Kier molecular flexibility index (Phi) is 2.67. The monoisotopic (exact) mass is 237 g/mol. The molecular formula is C13H23N3O. The molecule has 0 radical (unpaired) electrons. The lowest BCUT2D eigenvalue weighted by Gasteiger charge is -2.38. The first-order valence-corrected chi connectivity index (χ1v) is 6.91. The first-order chi connectivity index (χ1) is 8.09. The van der Waals surface area contributed by atoms with Crippen molar-refractivity contribution in [2.45, 2.75) is 44.2 Å². The van der Waals surface area contributed by atoms with Gasteiger partial charge in [0, 0.05) is 32.2 Å². The normalized spacial score (nSPS) is 30.1. The zero-order valence-electron chi connectivity index (χ0n) is 10.7. The van der Waals surface area contributed by atoms with E-state index in [4.69, 9.17) is 5.73 Å². The van der Waals surface area contributed by atoms with Gasteiger partial charge in [0.25, 0.3) is 0 Å². The fourth-order valence-electron chi connectivity index (χ4n) is 2.93. The first kappa shape index (κ1) is 11.5. The van der Waals surface area contributed by atoms with Gasteiger partial charge in [0.2, 0.25) is 5.91 Å². The third-order valence-electron chi connectivity index (χ3n) is 4.55. The molecule has 2 saturated carbocycles. The van der Waals surface area contributed by atoms with Crippen LogP contribution in [0.2, 0.25) is 0 Å². The Morgan fingerprint density at radius 1 is 1.12 bits per heavy atom. The zero-order chi connectivity index (χ0) is 12.0. The Balaban J connectivity index is 1.56. The average molecular weight is 237 g/mol. The van der Waals surface area contributed by atoms with Gasteiger partial charge in [-0.05, 0) is 38.5 Å². The molecule has 1 amide bonds. The number of carbonyl (C=O) groups excluding carboxylic acids is 1. The number of nitrogens with zero attached hydrogens (tertiary/aromatic N) is 2. The van der Waals surface area contributed by atoms with Gasteiger partial charge in [0.05, 0.1) is 5.54 Å². The van der Waals surface area contributed by atoms with Gasteiger partial charge in [-0.1, -0.05) is 0 Å². The van der Waals surface area contributed by atoms with Gasteiger partial charge in [0.1, 0.15) is 0 Å². The molecule has 1 unspecified atom stereocenters. The lowest BCUT2D eigenvalue weighted by molar-refractivity contribution is -0.139. The number of nitrogens with two attached hydrogens (primary N) is 1. The van der Waals surface area contributed by atoms with Crippen LogP contribution in [-0.2, 0) is 4.79 Å². The number of amides is 1. The highest BCUT2D eigenvalue weighted by molar-refractivity contribution is 5.86. The molecule has 96 valence electrons. The standard InChI is InChI=1S/C13H23N3O/c1-13(14,10-2-3-10)12(17)16-8-6-15(7-9-16)11-4-5-11/h10-11H,2-9,14H2,1H3. The fourth-order valence-corrected chi connectivity index (χ4v) is 2.93. The van der Waals surface area contributed by atoms with E-state index >= 15 is 0 Å². The minimum absolute atomic E-state index is 0.176. The summed E-state index contributed by atoms with van der Waals surface area (Å²) >= 11 is 0. The first-order valence-electron chi connectivity index (χ1n) is 6.91. The van der Waals surface area contributed by atoms with E-state index in [9.17, 15) is 4.79 Å². The minimum atomic E-state index is -0.609. The van der Waals surface area contributed by atoms with Crippen LogP contribution in [-0.4, -0.2) is 53.5 Å². The lowest BCUT2D eigenvalue weighted by Crippen LogP contribution is -2.59. The van der Waals surface area contributed by atoms with Crippen LogP contribution in [0, 0.1) is 5.92 Å². The van der Waals surface area contributed by atoms with E-state index in [1.165, 1.54) is 12.8 Å². The molecule has 2 aliphatic carbocycles. The lowest BCUT2D eigenvalue weighted by atomic mass is 9.95. The van der Waals surface area contributed by atoms with Crippen molar-refractivity contribution in [3.63, 3.8) is 0 Å². The summed E-state index contributed by atoms with van der Waals surface area (Å²) in [4.78, 5) is 16.9. The quantitative estimate of drug-likeness (QED) is 0.774. The molecule has 1 aliphatic heterocycles. The van der Waals surface area contributed by atoms with Gasteiger partial charge >= 0.3 is 0 Å². The topological polar surface area (TPSA) is 49.6 Å². The molecule has 4 heteroatoms. The van der Waals surface area contributed by atoms with Gasteiger partial charge in [-0.3, -0.25) is 9.69 Å². The predicted octanol–water partition coefficient (Wildman–Crippen LogP) is 0.420. The molecule has 1 saturated heterocycles. The van der Waals surface area contributed by atoms with Crippen molar-refractivity contribution in [3.05, 3.63) is 0 Å². The van der Waals surface area contributed by atoms with Crippen LogP contribution < -0.4 is 5.73 Å². The van der Waals surface area contributed by atoms with Crippen molar-refractivity contribution in [1.29, 1.82) is 0 Å². The van der Waals surface area contributed by atoms with Crippen molar-refractivity contribution in [1.82, 2.24) is 9.80 Å². The molecule has 2 N–H and O–H groups in total. The Hall–Kier alpha value is -0.610. The number of piperazine rings is 1. The van der Waals surface area contributed by atoms with Gasteiger partial charge < -0.3 is 10.6 Å². The molecule has 3 fully saturated rings. The van der Waals surface area contributed by atoms with Crippen LogP contribution in [0.25, 0.3) is 0 Å². The zero-order valence-corrected chi connectivity index (χ0v) is 10.7. The molecular weight excluding hydrogens is 214 g/mol. The van der Waals surface area contributed by atoms with Crippen LogP contribution in [0.4, 0.5) is 0 Å². The van der Waals surface area contributed by atoms with Crippen molar-refractivity contribution < 1.29 is 4.79 Å². The maximum Gasteiger partial charge on any atom is 0.242 e. The minimum Gasteiger partial charge on any atom is -0.339 e. The van der Waals surface area contributed by atoms with E-state index in [0.29, 0.717) is 5.92 Å². The Morgan fingerprint density at radius 2 is 1.71 bits per heavy atom. The van der Waals surface area contributed by atoms with Crippen molar-refractivity contribution in [2.24, 2.45) is 11.7 Å². The maximum atomic E-state index is 12.4. The molecule has 1 heterocycles. The third kappa shape index (κ3) is 2.20. The van der Waals surface area contributed by atoms with Crippen LogP contribution in [0.15, 0.2) is 0 Å². The summed E-state index contributed by atoms with van der Waals surface area (Å²) in [7, 11) is 0. The number of hydrogen-bond donors (Lipinski definition) is 1. The Morgan fingerprint density at radius 3 is 2.18 bits per heavy atom. The second-order valence-electron chi connectivity index (χ2n) is 6.12. The van der Waals surface area contributed by atoms with Gasteiger partial charge in [-0.25, -0.2) is 0 Å². The highest BCUT2D eigenvalue weighted by Gasteiger charge is 2.46. The van der Waals surface area contributed by atoms with E-state index < -0.39 is 5.54 Å². The van der Waals surface area contributed by atoms with E-state index in [0.717, 1.165) is 45.1 Å². The van der Waals surface area contributed by atoms with Gasteiger partial charge in [-0.2, -0.15) is 0 Å². The highest BCUT2D eigenvalue weighted by atomic mass is 16.2. The number of hydrogen-bond acceptors (Lipinski definition) is 3. The van der Waals surface area contributed by atoms with Crippen LogP contribution in [0.1, 0.15) is 32.6 Å². The summed E-state index contributed by atoms with van der Waals surface area (Å²) in [5.74, 6) is 0.604. The summed E-state index contributed by atoms with van der Waals surface area (Å²) in [6, 6.07) is 0.819. The molecule has 17 heavy (non-hydrogen) atoms. The molecule has 0 aromatic rings. The number of rotatable bonds is 3. The summed E-state index contributed by atoms with van der Waals surface area (Å²) in [6.45, 7) is 5.73. The smallest absolute Gasteiger partial charge is 0.242 e. The average Bonchev–Trinajstić information content (AvgIpc) is 3.20. The molecule has 0 bridgehead atoms. The Labute approximate surface area is 103 Å². The summed E-state index contributed by atoms with van der Waals surface area (Å²) in [5, 5.41) is 0. The van der Waals surface area contributed by atoms with E-state index in [-0.39, 0.29) is 5.91 Å². The highest BCUT2D eigenvalue weighted by Crippen LogP contribution is 2.39. The molecule has 3 aliphatic rings. The maximum absolute atomic E-state index is 12.4. The third-order valence-corrected chi connectivity index (χ3v) is 4.55. The van der Waals surface area contributed by atoms with Crippen LogP contribution in [0.5, 0.6) is 0 Å². The molecule has 0 aromatic heterocycles. The Bertz CT molecular complexity index is 313. The number of carbonyl (C=O) groups is 1. The summed E-state index contributed by atoms with van der Waals surface area (Å²) in [6.07, 6.45) is 4.96. The molecule has 0 aromatic carbocycles. The van der Waals surface area contributed by atoms with Crippen molar-refractivity contribution in [3.8, 4) is 0 Å². The van der Waals surface area contributed by atoms with Crippen molar-refractivity contribution in [2.75, 3.05) is 26.2 Å². The molecule has 0 spiro atoms. The molecule has 3 rings (SSSR count). The molecule has 1 atom stereocenters. The summed E-state index contributed by atoms with van der Waals surface area (Å²) in [5.41, 5.74) is 5.59. The van der Waals surface area contributed by atoms with E-state index in [1.54, 1.807) is 0 Å². The van der Waals surface area contributed by atoms with Crippen LogP contribution in [0.3, 0.4) is 0 Å². The second kappa shape index (κ2) is 3.95. The van der Waals surface area contributed by atoms with Crippen molar-refractivity contribution >= 4 is 5.91 Å². The van der Waals surface area contributed by atoms with E-state index in [2.05, 4.69) is 4.90 Å². The summed E-state index contributed by atoms with van der Waals surface area (Å²) < 4.78 is 0. The largest absolute Gasteiger partial charge is 0.339 e. The predicted molar refractivity (Wildman–Crippen MR) is 66.5 cm³/mol. The fraction of sp³-hybridized carbons (Fsp3) is 0.923. The van der Waals surface area contributed by atoms with E-state index in [1.807, 2.05) is 11.8 Å². The van der Waals surface area contributed by atoms with Gasteiger partial charge in [-0.15, -0.1) is 0 Å².